The number of primary amides is 1. The number of carbonyl (C=O) groups is 2. The van der Waals surface area contributed by atoms with Crippen LogP contribution in [-0.2, 0) is 19.6 Å². The molecular formula is C13H18N2O5S. The van der Waals surface area contributed by atoms with Gasteiger partial charge in [-0.05, 0) is 26.0 Å². The molecule has 8 heteroatoms. The van der Waals surface area contributed by atoms with Crippen molar-refractivity contribution in [1.82, 2.24) is 4.72 Å². The van der Waals surface area contributed by atoms with Gasteiger partial charge in [0.25, 0.3) is 0 Å². The van der Waals surface area contributed by atoms with Gasteiger partial charge >= 0.3 is 5.97 Å². The quantitative estimate of drug-likeness (QED) is 0.738. The molecule has 0 saturated heterocycles. The van der Waals surface area contributed by atoms with Gasteiger partial charge in [-0.1, -0.05) is 12.1 Å². The van der Waals surface area contributed by atoms with Crippen LogP contribution in [0.3, 0.4) is 0 Å². The second kappa shape index (κ2) is 6.23. The van der Waals surface area contributed by atoms with E-state index in [1.807, 2.05) is 0 Å². The Morgan fingerprint density at radius 2 is 1.86 bits per heavy atom. The summed E-state index contributed by atoms with van der Waals surface area (Å²) in [7, 11) is -2.85. The van der Waals surface area contributed by atoms with E-state index in [2.05, 4.69) is 9.46 Å². The SMILES string of the molecule is COC(=O)c1ccccc1S(=O)(=O)NC(C)(C)CC(N)=O. The fourth-order valence-corrected chi connectivity index (χ4v) is 3.48. The number of ether oxygens (including phenoxy) is 1. The summed E-state index contributed by atoms with van der Waals surface area (Å²) in [5.41, 5.74) is 3.93. The van der Waals surface area contributed by atoms with Crippen LogP contribution < -0.4 is 10.5 Å². The molecule has 1 rings (SSSR count). The van der Waals surface area contributed by atoms with Crippen LogP contribution in [0, 0.1) is 0 Å². The molecule has 3 N–H and O–H groups in total. The Kier molecular flexibility index (Phi) is 5.08. The van der Waals surface area contributed by atoms with Crippen LogP contribution in [0.4, 0.5) is 0 Å². The van der Waals surface area contributed by atoms with Gasteiger partial charge < -0.3 is 10.5 Å². The molecule has 0 aliphatic rings. The maximum absolute atomic E-state index is 12.4. The van der Waals surface area contributed by atoms with Crippen molar-refractivity contribution in [2.75, 3.05) is 7.11 Å². The molecule has 0 heterocycles. The van der Waals surface area contributed by atoms with Gasteiger partial charge in [-0.3, -0.25) is 4.79 Å². The lowest BCUT2D eigenvalue weighted by Crippen LogP contribution is -2.46. The van der Waals surface area contributed by atoms with Crippen molar-refractivity contribution in [3.05, 3.63) is 29.8 Å². The van der Waals surface area contributed by atoms with E-state index in [0.29, 0.717) is 0 Å². The van der Waals surface area contributed by atoms with Crippen molar-refractivity contribution in [1.29, 1.82) is 0 Å². The summed E-state index contributed by atoms with van der Waals surface area (Å²) in [5.74, 6) is -1.40. The minimum absolute atomic E-state index is 0.0811. The van der Waals surface area contributed by atoms with Crippen LogP contribution >= 0.6 is 0 Å². The van der Waals surface area contributed by atoms with Gasteiger partial charge in [0.05, 0.1) is 17.6 Å². The topological polar surface area (TPSA) is 116 Å². The smallest absolute Gasteiger partial charge is 0.339 e. The molecule has 0 saturated carbocycles. The maximum atomic E-state index is 12.4. The standard InChI is InChI=1S/C13H18N2O5S/c1-13(2,8-11(14)16)15-21(18,19)10-7-5-4-6-9(10)12(17)20-3/h4-7,15H,8H2,1-3H3,(H2,14,16). The number of rotatable bonds is 6. The molecule has 1 aromatic rings. The van der Waals surface area contributed by atoms with Crippen molar-refractivity contribution in [2.45, 2.75) is 30.7 Å². The third kappa shape index (κ3) is 4.54. The van der Waals surface area contributed by atoms with Crippen molar-refractivity contribution >= 4 is 21.9 Å². The van der Waals surface area contributed by atoms with Crippen molar-refractivity contribution < 1.29 is 22.7 Å². The predicted molar refractivity (Wildman–Crippen MR) is 76.0 cm³/mol. The molecule has 7 nitrogen and oxygen atoms in total. The molecule has 0 unspecified atom stereocenters. The lowest BCUT2D eigenvalue weighted by Gasteiger charge is -2.24. The zero-order valence-electron chi connectivity index (χ0n) is 12.0. The monoisotopic (exact) mass is 314 g/mol. The average Bonchev–Trinajstić information content (AvgIpc) is 2.34. The Bertz CT molecular complexity index is 652. The average molecular weight is 314 g/mol. The number of esters is 1. The number of sulfonamides is 1. The first-order chi connectivity index (χ1) is 9.59. The van der Waals surface area contributed by atoms with E-state index in [0.717, 1.165) is 7.11 Å². The van der Waals surface area contributed by atoms with Crippen LogP contribution in [0.25, 0.3) is 0 Å². The summed E-state index contributed by atoms with van der Waals surface area (Å²) in [6.07, 6.45) is -0.174. The number of benzene rings is 1. The summed E-state index contributed by atoms with van der Waals surface area (Å²) in [6.45, 7) is 3.05. The molecular weight excluding hydrogens is 296 g/mol. The Balaban J connectivity index is 3.21. The molecule has 0 bridgehead atoms. The van der Waals surface area contributed by atoms with Gasteiger partial charge in [0.15, 0.2) is 0 Å². The molecule has 1 amide bonds. The molecule has 1 aromatic carbocycles. The summed E-state index contributed by atoms with van der Waals surface area (Å²) in [5, 5.41) is 0. The zero-order valence-corrected chi connectivity index (χ0v) is 12.9. The Hall–Kier alpha value is -1.93. The molecule has 0 aliphatic carbocycles. The summed E-state index contributed by atoms with van der Waals surface area (Å²) in [4.78, 5) is 22.4. The van der Waals surface area contributed by atoms with Crippen LogP contribution in [-0.4, -0.2) is 32.9 Å². The first-order valence-electron chi connectivity index (χ1n) is 6.09. The van der Waals surface area contributed by atoms with Gasteiger partial charge in [0.2, 0.25) is 15.9 Å². The number of nitrogens with two attached hydrogens (primary N) is 1. The van der Waals surface area contributed by atoms with E-state index in [1.54, 1.807) is 0 Å². The Morgan fingerprint density at radius 1 is 1.29 bits per heavy atom. The molecule has 0 fully saturated rings. The van der Waals surface area contributed by atoms with E-state index in [1.165, 1.54) is 38.1 Å². The third-order valence-electron chi connectivity index (χ3n) is 2.61. The lowest BCUT2D eigenvalue weighted by molar-refractivity contribution is -0.119. The fourth-order valence-electron chi connectivity index (χ4n) is 1.87. The Labute approximate surface area is 123 Å². The second-order valence-corrected chi connectivity index (χ2v) is 6.77. The number of nitrogens with one attached hydrogen (secondary N) is 1. The van der Waals surface area contributed by atoms with Gasteiger partial charge in [0, 0.05) is 12.0 Å². The van der Waals surface area contributed by atoms with Gasteiger partial charge in [-0.15, -0.1) is 0 Å². The highest BCUT2D eigenvalue weighted by atomic mass is 32.2. The van der Waals surface area contributed by atoms with Crippen LogP contribution in [0.1, 0.15) is 30.6 Å². The number of hydrogen-bond donors (Lipinski definition) is 2. The first-order valence-corrected chi connectivity index (χ1v) is 7.57. The van der Waals surface area contributed by atoms with Gasteiger partial charge in [0.1, 0.15) is 0 Å². The molecule has 0 aromatic heterocycles. The predicted octanol–water partition coefficient (Wildman–Crippen LogP) is 0.405. The van der Waals surface area contributed by atoms with E-state index < -0.39 is 27.4 Å². The highest BCUT2D eigenvalue weighted by molar-refractivity contribution is 7.89. The largest absolute Gasteiger partial charge is 0.465 e. The minimum atomic E-state index is -4.01. The highest BCUT2D eigenvalue weighted by Crippen LogP contribution is 2.19. The van der Waals surface area contributed by atoms with E-state index in [9.17, 15) is 18.0 Å². The maximum Gasteiger partial charge on any atom is 0.339 e. The second-order valence-electron chi connectivity index (χ2n) is 5.12. The van der Waals surface area contributed by atoms with Gasteiger partial charge in [-0.2, -0.15) is 0 Å². The van der Waals surface area contributed by atoms with Crippen molar-refractivity contribution in [2.24, 2.45) is 5.73 Å². The summed E-state index contributed by atoms with van der Waals surface area (Å²) >= 11 is 0. The van der Waals surface area contributed by atoms with E-state index in [-0.39, 0.29) is 16.9 Å². The normalized spacial score (nSPS) is 12.0. The lowest BCUT2D eigenvalue weighted by atomic mass is 10.0. The number of amides is 1. The zero-order chi connectivity index (χ0) is 16.3. The van der Waals surface area contributed by atoms with Gasteiger partial charge in [-0.25, -0.2) is 17.9 Å². The number of carbonyl (C=O) groups excluding carboxylic acids is 2. The van der Waals surface area contributed by atoms with Crippen LogP contribution in [0.15, 0.2) is 29.2 Å². The van der Waals surface area contributed by atoms with E-state index in [4.69, 9.17) is 5.73 Å². The molecule has 0 spiro atoms. The van der Waals surface area contributed by atoms with E-state index >= 15 is 0 Å². The number of hydrogen-bond acceptors (Lipinski definition) is 5. The minimum Gasteiger partial charge on any atom is -0.465 e. The Morgan fingerprint density at radius 3 is 2.38 bits per heavy atom. The van der Waals surface area contributed by atoms with Crippen LogP contribution in [0.2, 0.25) is 0 Å². The molecule has 0 radical (unpaired) electrons. The van der Waals surface area contributed by atoms with Crippen molar-refractivity contribution in [3.63, 3.8) is 0 Å². The fraction of sp³-hybridized carbons (Fsp3) is 0.385. The molecule has 21 heavy (non-hydrogen) atoms. The molecule has 116 valence electrons. The molecule has 0 atom stereocenters. The summed E-state index contributed by atoms with van der Waals surface area (Å²) < 4.78 is 31.7. The highest BCUT2D eigenvalue weighted by Gasteiger charge is 2.30. The first kappa shape index (κ1) is 17.1. The third-order valence-corrected chi connectivity index (χ3v) is 4.37. The molecule has 0 aliphatic heterocycles. The summed E-state index contributed by atoms with van der Waals surface area (Å²) in [6, 6.07) is 5.65. The van der Waals surface area contributed by atoms with Crippen molar-refractivity contribution in [3.8, 4) is 0 Å². The van der Waals surface area contributed by atoms with Crippen LogP contribution in [0.5, 0.6) is 0 Å². The number of methoxy groups -OCH3 is 1.